The number of nitrogens with zero attached hydrogens (tertiary/aromatic N) is 1. The Morgan fingerprint density at radius 3 is 1.36 bits per heavy atom. The van der Waals surface area contributed by atoms with E-state index >= 15 is 0 Å². The van der Waals surface area contributed by atoms with E-state index in [4.69, 9.17) is 5.11 Å². The third-order valence-electron chi connectivity index (χ3n) is 4.68. The number of hydrogen-bond donors (Lipinski definition) is 1. The molecule has 0 aliphatic rings. The van der Waals surface area contributed by atoms with E-state index < -0.39 is 5.97 Å². The lowest BCUT2D eigenvalue weighted by Gasteiger charge is -2.34. The summed E-state index contributed by atoms with van der Waals surface area (Å²) in [7, 11) is 0. The fourth-order valence-electron chi connectivity index (χ4n) is 2.57. The maximum atomic E-state index is 10.1. The Morgan fingerprint density at radius 2 is 1.09 bits per heavy atom. The number of rotatable bonds is 12. The summed E-state index contributed by atoms with van der Waals surface area (Å²) in [6.07, 6.45) is 8.64. The quantitative estimate of drug-likeness (QED) is 0.437. The molecule has 4 heteroatoms. The minimum atomic E-state index is -0.663. The van der Waals surface area contributed by atoms with Crippen molar-refractivity contribution in [2.75, 3.05) is 26.2 Å². The molecule has 0 saturated heterocycles. The lowest BCUT2D eigenvalue weighted by Crippen LogP contribution is -3.00. The number of quaternary nitrogens is 1. The Labute approximate surface area is 145 Å². The van der Waals surface area contributed by atoms with Crippen molar-refractivity contribution >= 4 is 5.97 Å². The zero-order valence-electron chi connectivity index (χ0n) is 15.7. The highest BCUT2D eigenvalue weighted by molar-refractivity contribution is 5.66. The summed E-state index contributed by atoms with van der Waals surface area (Å²) in [6.45, 7) is 16.4. The Morgan fingerprint density at radius 1 is 0.727 bits per heavy atom. The molecule has 0 aromatic rings. The molecule has 0 rings (SSSR count). The minimum absolute atomic E-state index is 0. The van der Waals surface area contributed by atoms with E-state index in [1.54, 1.807) is 0 Å². The van der Waals surface area contributed by atoms with E-state index in [0.29, 0.717) is 6.42 Å². The van der Waals surface area contributed by atoms with Crippen LogP contribution in [-0.2, 0) is 4.79 Å². The van der Waals surface area contributed by atoms with Gasteiger partial charge < -0.3 is 22.0 Å². The van der Waals surface area contributed by atoms with Crippen LogP contribution in [0.4, 0.5) is 0 Å². The Hall–Kier alpha value is -0.280. The number of unbranched alkanes of at least 4 members (excludes halogenated alkanes) is 6. The third kappa shape index (κ3) is 16.1. The first kappa shape index (κ1) is 26.6. The molecule has 136 valence electrons. The van der Waals surface area contributed by atoms with Gasteiger partial charge in [0.1, 0.15) is 0 Å². The first-order valence-electron chi connectivity index (χ1n) is 9.08. The van der Waals surface area contributed by atoms with Gasteiger partial charge in [-0.25, -0.2) is 0 Å². The van der Waals surface area contributed by atoms with E-state index in [9.17, 15) is 4.79 Å². The fourth-order valence-corrected chi connectivity index (χ4v) is 2.57. The molecule has 0 heterocycles. The third-order valence-corrected chi connectivity index (χ3v) is 4.68. The van der Waals surface area contributed by atoms with Crippen LogP contribution < -0.4 is 12.4 Å². The average molecular weight is 338 g/mol. The van der Waals surface area contributed by atoms with Gasteiger partial charge in [0.05, 0.1) is 26.2 Å². The van der Waals surface area contributed by atoms with Crippen LogP contribution in [0.5, 0.6) is 0 Å². The van der Waals surface area contributed by atoms with Crippen molar-refractivity contribution in [1.82, 2.24) is 0 Å². The number of carbonyl (C=O) groups is 1. The second-order valence-electron chi connectivity index (χ2n) is 5.87. The van der Waals surface area contributed by atoms with Gasteiger partial charge in [0.25, 0.3) is 0 Å². The smallest absolute Gasteiger partial charge is 0.303 e. The Kier molecular flexibility index (Phi) is 22.7. The number of halogens is 1. The Bertz CT molecular complexity index is 214. The first-order chi connectivity index (χ1) is 10.0. The van der Waals surface area contributed by atoms with E-state index in [1.807, 2.05) is 0 Å². The van der Waals surface area contributed by atoms with Crippen LogP contribution in [0.2, 0.25) is 0 Å². The predicted octanol–water partition coefficient (Wildman–Crippen LogP) is 2.10. The van der Waals surface area contributed by atoms with Crippen molar-refractivity contribution in [1.29, 1.82) is 0 Å². The summed E-state index contributed by atoms with van der Waals surface area (Å²) < 4.78 is 1.28. The molecular formula is C18H40ClNO2. The van der Waals surface area contributed by atoms with Gasteiger partial charge in [0, 0.05) is 6.42 Å². The molecule has 0 aliphatic carbocycles. The highest BCUT2D eigenvalue weighted by Gasteiger charge is 2.16. The molecule has 1 N–H and O–H groups in total. The average Bonchev–Trinajstić information content (AvgIpc) is 2.50. The second-order valence-corrected chi connectivity index (χ2v) is 5.87. The fraction of sp³-hybridized carbons (Fsp3) is 0.944. The molecule has 0 saturated carbocycles. The maximum absolute atomic E-state index is 10.1. The topological polar surface area (TPSA) is 37.3 Å². The van der Waals surface area contributed by atoms with Crippen molar-refractivity contribution in [3.05, 3.63) is 0 Å². The van der Waals surface area contributed by atoms with E-state index in [0.717, 1.165) is 12.8 Å². The van der Waals surface area contributed by atoms with Crippen LogP contribution >= 0.6 is 0 Å². The Balaban J connectivity index is -0.000000326. The summed E-state index contributed by atoms with van der Waals surface area (Å²) in [5.41, 5.74) is 0. The summed E-state index contributed by atoms with van der Waals surface area (Å²) in [5, 5.41) is 8.35. The van der Waals surface area contributed by atoms with Gasteiger partial charge in [-0.05, 0) is 34.1 Å². The monoisotopic (exact) mass is 337 g/mol. The van der Waals surface area contributed by atoms with Crippen LogP contribution in [0.25, 0.3) is 0 Å². The van der Waals surface area contributed by atoms with Crippen LogP contribution in [0.3, 0.4) is 0 Å². The van der Waals surface area contributed by atoms with Crippen LogP contribution in [-0.4, -0.2) is 41.7 Å². The van der Waals surface area contributed by atoms with Crippen molar-refractivity contribution in [2.45, 2.75) is 86.0 Å². The standard InChI is InChI=1S/C10H20O2.C8H20N.ClH/c1-2-3-4-5-6-7-8-9-10(11)12;1-5-9(6-2,7-3)8-4;/h2-9H2,1H3,(H,11,12);5-8H2,1-4H3;1H/q;+1;/p-1. The number of aliphatic carboxylic acids is 1. The molecule has 0 radical (unpaired) electrons. The second kappa shape index (κ2) is 18.8. The summed E-state index contributed by atoms with van der Waals surface area (Å²) in [5.74, 6) is -0.663. The number of hydrogen-bond acceptors (Lipinski definition) is 1. The van der Waals surface area contributed by atoms with E-state index in [-0.39, 0.29) is 12.4 Å². The lowest BCUT2D eigenvalue weighted by atomic mass is 10.1. The van der Waals surface area contributed by atoms with Crippen molar-refractivity contribution in [2.24, 2.45) is 0 Å². The van der Waals surface area contributed by atoms with Gasteiger partial charge in [-0.1, -0.05) is 45.4 Å². The normalized spacial score (nSPS) is 10.4. The van der Waals surface area contributed by atoms with E-state index in [1.165, 1.54) is 62.8 Å². The summed E-state index contributed by atoms with van der Waals surface area (Å²) in [4.78, 5) is 10.1. The molecule has 0 bridgehead atoms. The minimum Gasteiger partial charge on any atom is -1.00 e. The molecule has 0 amide bonds. The molecule has 0 fully saturated rings. The molecular weight excluding hydrogens is 298 g/mol. The number of carboxylic acid groups (broad SMARTS) is 1. The van der Waals surface area contributed by atoms with Gasteiger partial charge in [-0.2, -0.15) is 0 Å². The summed E-state index contributed by atoms with van der Waals surface area (Å²) >= 11 is 0. The molecule has 0 aromatic carbocycles. The first-order valence-corrected chi connectivity index (χ1v) is 9.08. The van der Waals surface area contributed by atoms with Gasteiger partial charge in [0.2, 0.25) is 0 Å². The predicted molar refractivity (Wildman–Crippen MR) is 92.7 cm³/mol. The largest absolute Gasteiger partial charge is 1.00 e. The van der Waals surface area contributed by atoms with Crippen LogP contribution in [0, 0.1) is 0 Å². The molecule has 0 unspecified atom stereocenters. The van der Waals surface area contributed by atoms with Crippen molar-refractivity contribution in [3.63, 3.8) is 0 Å². The summed E-state index contributed by atoms with van der Waals surface area (Å²) in [6, 6.07) is 0. The van der Waals surface area contributed by atoms with Gasteiger partial charge in [-0.3, -0.25) is 4.79 Å². The molecule has 0 aromatic heterocycles. The van der Waals surface area contributed by atoms with Gasteiger partial charge in [-0.15, -0.1) is 0 Å². The zero-order valence-corrected chi connectivity index (χ0v) is 16.4. The highest BCUT2D eigenvalue weighted by atomic mass is 35.5. The molecule has 3 nitrogen and oxygen atoms in total. The van der Waals surface area contributed by atoms with Crippen LogP contribution in [0.1, 0.15) is 86.0 Å². The van der Waals surface area contributed by atoms with Crippen molar-refractivity contribution < 1.29 is 26.8 Å². The van der Waals surface area contributed by atoms with Crippen LogP contribution in [0.15, 0.2) is 0 Å². The molecule has 0 aliphatic heterocycles. The SMILES string of the molecule is CCCCCCCCCC(=O)O.CC[N+](CC)(CC)CC.[Cl-]. The molecule has 22 heavy (non-hydrogen) atoms. The zero-order chi connectivity index (χ0) is 16.6. The molecule has 0 atom stereocenters. The van der Waals surface area contributed by atoms with Gasteiger partial charge in [0.15, 0.2) is 0 Å². The number of carboxylic acids is 1. The van der Waals surface area contributed by atoms with Gasteiger partial charge >= 0.3 is 5.97 Å². The highest BCUT2D eigenvalue weighted by Crippen LogP contribution is 2.08. The maximum Gasteiger partial charge on any atom is 0.303 e. The van der Waals surface area contributed by atoms with E-state index in [2.05, 4.69) is 34.6 Å². The lowest BCUT2D eigenvalue weighted by molar-refractivity contribution is -0.921. The molecule has 0 spiro atoms. The van der Waals surface area contributed by atoms with Crippen molar-refractivity contribution in [3.8, 4) is 0 Å².